The van der Waals surface area contributed by atoms with Crippen LogP contribution >= 0.6 is 0 Å². The molecule has 0 spiro atoms. The summed E-state index contributed by atoms with van der Waals surface area (Å²) in [5.41, 5.74) is 4.11. The van der Waals surface area contributed by atoms with Crippen molar-refractivity contribution < 1.29 is 57.7 Å². The third kappa shape index (κ3) is 9.11. The molecular weight excluding hydrogens is 531 g/mol. The van der Waals surface area contributed by atoms with Crippen LogP contribution < -0.4 is 42.4 Å². The van der Waals surface area contributed by atoms with Crippen LogP contribution in [0.5, 0.6) is 0 Å². The standard InChI is InChI=1S/C29H45Si.3ClH.Ti/c1-5-7-9-11-15-24-21-25(16-12-10-8-6-2)23-27(22-24)30(3,4)29-20-19-26-17-13-14-18-28(26)29;;;;/h13-14,17-18,20-23,26,28-29H,5-12,15-16,19H2,1-4H3;3*1H;/q;;;;+3/p-3. The third-order valence-electron chi connectivity index (χ3n) is 7.94. The van der Waals surface area contributed by atoms with Crippen molar-refractivity contribution in [2.45, 2.75) is 107 Å². The number of aryl methyl sites for hydroxylation is 2. The van der Waals surface area contributed by atoms with Crippen molar-refractivity contribution in [3.8, 4) is 0 Å². The topological polar surface area (TPSA) is 0 Å². The second-order valence-electron chi connectivity index (χ2n) is 10.8. The molecule has 1 saturated carbocycles. The molecule has 0 saturated heterocycles. The number of hydrogen-bond donors (Lipinski definition) is 0. The summed E-state index contributed by atoms with van der Waals surface area (Å²) in [6, 6.07) is 7.86. The summed E-state index contributed by atoms with van der Waals surface area (Å²) >= 11 is 2.54. The predicted molar refractivity (Wildman–Crippen MR) is 137 cm³/mol. The van der Waals surface area contributed by atoms with E-state index in [9.17, 15) is 0 Å². The first-order valence-corrected chi connectivity index (χ1v) is 17.1. The number of halogens is 3. The van der Waals surface area contributed by atoms with Gasteiger partial charge in [-0.15, -0.1) is 0 Å². The Morgan fingerprint density at radius 3 is 1.82 bits per heavy atom. The molecule has 2 aliphatic rings. The van der Waals surface area contributed by atoms with Gasteiger partial charge < -0.3 is 37.2 Å². The van der Waals surface area contributed by atoms with Crippen LogP contribution in [0.25, 0.3) is 0 Å². The van der Waals surface area contributed by atoms with Crippen molar-refractivity contribution in [1.82, 2.24) is 0 Å². The molecule has 0 radical (unpaired) electrons. The minimum atomic E-state index is -1.57. The Kier molecular flexibility index (Phi) is 17.3. The fourth-order valence-electron chi connectivity index (χ4n) is 6.11. The molecule has 0 nitrogen and oxygen atoms in total. The molecule has 190 valence electrons. The minimum absolute atomic E-state index is 0. The Morgan fingerprint density at radius 1 is 0.765 bits per heavy atom. The molecule has 5 heteroatoms. The molecule has 0 bridgehead atoms. The van der Waals surface area contributed by atoms with Gasteiger partial charge in [-0.25, -0.2) is 0 Å². The van der Waals surface area contributed by atoms with Crippen molar-refractivity contribution in [3.05, 3.63) is 53.6 Å². The molecule has 0 N–H and O–H groups in total. The fraction of sp³-hybridized carbons (Fsp3) is 0.655. The fourth-order valence-corrected chi connectivity index (χ4v) is 12.8. The first-order chi connectivity index (χ1) is 15.0. The van der Waals surface area contributed by atoms with E-state index in [1.807, 2.05) is 0 Å². The van der Waals surface area contributed by atoms with Gasteiger partial charge >= 0.3 is 206 Å². The molecular formula is C29H45Cl3SiTi. The van der Waals surface area contributed by atoms with Crippen LogP contribution in [0, 0.1) is 11.8 Å². The number of fused-ring (bicyclic) bond motifs is 1. The van der Waals surface area contributed by atoms with Gasteiger partial charge in [0.15, 0.2) is 0 Å². The summed E-state index contributed by atoms with van der Waals surface area (Å²) < 4.78 is 0.838. The first-order valence-electron chi connectivity index (χ1n) is 13.2. The van der Waals surface area contributed by atoms with Crippen molar-refractivity contribution in [3.63, 3.8) is 0 Å². The van der Waals surface area contributed by atoms with Crippen LogP contribution in [-0.4, -0.2) is 8.07 Å². The van der Waals surface area contributed by atoms with Crippen LogP contribution in [0.15, 0.2) is 42.5 Å². The van der Waals surface area contributed by atoms with Crippen LogP contribution in [0.4, 0.5) is 0 Å². The normalized spacial score (nSPS) is 23.0. The van der Waals surface area contributed by atoms with Gasteiger partial charge in [-0.3, -0.25) is 0 Å². The van der Waals surface area contributed by atoms with E-state index in [2.05, 4.69) is 89.9 Å². The SMILES string of the molecule is CCCCCCc1cc(CCCCCC)cc([Si](C)(C)C2[CH]([Ti+3])CC3C=CC=CC32)c1.[Cl-].[Cl-].[Cl-]. The van der Waals surface area contributed by atoms with Gasteiger partial charge in [0.1, 0.15) is 0 Å². The third-order valence-corrected chi connectivity index (χ3v) is 13.6. The summed E-state index contributed by atoms with van der Waals surface area (Å²) in [4.78, 5) is 0. The van der Waals surface area contributed by atoms with Crippen LogP contribution in [0.2, 0.25) is 22.9 Å². The van der Waals surface area contributed by atoms with E-state index >= 15 is 0 Å². The van der Waals surface area contributed by atoms with Crippen molar-refractivity contribution in [2.75, 3.05) is 0 Å². The summed E-state index contributed by atoms with van der Waals surface area (Å²) in [5, 5.41) is 1.74. The maximum atomic E-state index is 2.68. The maximum absolute atomic E-state index is 2.68. The number of rotatable bonds is 12. The average Bonchev–Trinajstić information content (AvgIpc) is 3.10. The van der Waals surface area contributed by atoms with E-state index < -0.39 is 8.07 Å². The van der Waals surface area contributed by atoms with Gasteiger partial charge in [0.25, 0.3) is 0 Å². The molecule has 0 amide bonds. The molecule has 1 aromatic carbocycles. The zero-order valence-electron chi connectivity index (χ0n) is 21.8. The van der Waals surface area contributed by atoms with Gasteiger partial charge in [0.05, 0.1) is 0 Å². The van der Waals surface area contributed by atoms with Crippen molar-refractivity contribution >= 4 is 13.3 Å². The van der Waals surface area contributed by atoms with E-state index in [1.165, 1.54) is 70.6 Å². The monoisotopic (exact) mass is 574 g/mol. The number of hydrogen-bond acceptors (Lipinski definition) is 0. The quantitative estimate of drug-likeness (QED) is 0.229. The Hall–Kier alpha value is 0.501. The van der Waals surface area contributed by atoms with Gasteiger partial charge in [0.2, 0.25) is 0 Å². The summed E-state index contributed by atoms with van der Waals surface area (Å²) in [5.74, 6) is 1.55. The molecule has 4 unspecified atom stereocenters. The van der Waals surface area contributed by atoms with Crippen molar-refractivity contribution in [1.29, 1.82) is 0 Å². The molecule has 1 aromatic rings. The van der Waals surface area contributed by atoms with E-state index in [0.29, 0.717) is 0 Å². The zero-order valence-corrected chi connectivity index (χ0v) is 26.6. The Balaban J connectivity index is 0.00000363. The van der Waals surface area contributed by atoms with Crippen LogP contribution in [0.1, 0.15) is 82.8 Å². The smallest absolute Gasteiger partial charge is 1.00 e. The molecule has 3 rings (SSSR count). The molecule has 34 heavy (non-hydrogen) atoms. The Labute approximate surface area is 242 Å². The molecule has 0 aromatic heterocycles. The Bertz CT molecular complexity index is 731. The second kappa shape index (κ2) is 17.1. The maximum Gasteiger partial charge on any atom is -1.00 e. The molecule has 2 aliphatic carbocycles. The minimum Gasteiger partial charge on any atom is -1.00 e. The first kappa shape index (κ1) is 34.5. The zero-order chi connectivity index (χ0) is 22.3. The number of benzene rings is 1. The van der Waals surface area contributed by atoms with Crippen LogP contribution in [0.3, 0.4) is 0 Å². The van der Waals surface area contributed by atoms with E-state index in [0.717, 1.165) is 21.6 Å². The molecule has 4 atom stereocenters. The average molecular weight is 576 g/mol. The van der Waals surface area contributed by atoms with Gasteiger partial charge in [-0.05, 0) is 0 Å². The van der Waals surface area contributed by atoms with Crippen LogP contribution in [-0.2, 0) is 33.3 Å². The Morgan fingerprint density at radius 2 is 1.29 bits per heavy atom. The summed E-state index contributed by atoms with van der Waals surface area (Å²) in [6.07, 6.45) is 24.5. The molecule has 0 heterocycles. The van der Waals surface area contributed by atoms with E-state index in [1.54, 1.807) is 16.3 Å². The van der Waals surface area contributed by atoms with Crippen molar-refractivity contribution in [2.24, 2.45) is 11.8 Å². The second-order valence-corrected chi connectivity index (χ2v) is 16.6. The van der Waals surface area contributed by atoms with Gasteiger partial charge in [-0.1, -0.05) is 0 Å². The largest absolute Gasteiger partial charge is 1.00 e. The number of unbranched alkanes of at least 4 members (excludes halogenated alkanes) is 6. The van der Waals surface area contributed by atoms with E-state index in [4.69, 9.17) is 0 Å². The predicted octanol–water partition coefficient (Wildman–Crippen LogP) is -0.673. The van der Waals surface area contributed by atoms with Gasteiger partial charge in [-0.2, -0.15) is 0 Å². The van der Waals surface area contributed by atoms with E-state index in [-0.39, 0.29) is 37.2 Å². The van der Waals surface area contributed by atoms with Gasteiger partial charge in [0, 0.05) is 0 Å². The molecule has 0 aliphatic heterocycles. The summed E-state index contributed by atoms with van der Waals surface area (Å²) in [7, 11) is -1.57. The number of allylic oxidation sites excluding steroid dienone is 4. The summed E-state index contributed by atoms with van der Waals surface area (Å²) in [6.45, 7) is 9.99. The molecule has 1 fully saturated rings.